The van der Waals surface area contributed by atoms with Crippen LogP contribution in [0.25, 0.3) is 0 Å². The molecule has 0 saturated carbocycles. The van der Waals surface area contributed by atoms with Crippen molar-refractivity contribution in [1.29, 1.82) is 0 Å². The molecule has 1 nitrogen and oxygen atoms in total. The average molecular weight is 360 g/mol. The fraction of sp³-hybridized carbons (Fsp3) is 0.429. The summed E-state index contributed by atoms with van der Waals surface area (Å²) in [4.78, 5) is 2.22. The van der Waals surface area contributed by atoms with Crippen LogP contribution in [0.3, 0.4) is 0 Å². The summed E-state index contributed by atoms with van der Waals surface area (Å²) in [5, 5.41) is 0. The number of benzene rings is 2. The molecule has 0 fully saturated rings. The van der Waals surface area contributed by atoms with Crippen LogP contribution in [0.4, 0.5) is 0 Å². The molecular formula is C21H29NS2. The molecule has 2 aromatic rings. The van der Waals surface area contributed by atoms with Gasteiger partial charge >= 0.3 is 0 Å². The van der Waals surface area contributed by atoms with Gasteiger partial charge < -0.3 is 4.90 Å². The predicted octanol–water partition coefficient (Wildman–Crippen LogP) is 5.45. The predicted molar refractivity (Wildman–Crippen MR) is 112 cm³/mol. The van der Waals surface area contributed by atoms with Gasteiger partial charge in [0.1, 0.15) is 4.08 Å². The van der Waals surface area contributed by atoms with Crippen LogP contribution in [-0.4, -0.2) is 31.3 Å². The lowest BCUT2D eigenvalue weighted by atomic mass is 10.0. The molecule has 0 radical (unpaired) electrons. The number of hydrogen-bond acceptors (Lipinski definition) is 3. The molecule has 0 N–H and O–H groups in total. The summed E-state index contributed by atoms with van der Waals surface area (Å²) in [7, 11) is 4.23. The van der Waals surface area contributed by atoms with Crippen LogP contribution in [-0.2, 0) is 10.5 Å². The maximum atomic E-state index is 5.15. The highest BCUT2D eigenvalue weighted by Gasteiger charge is 2.30. The van der Waals surface area contributed by atoms with Gasteiger partial charge in [0, 0.05) is 12.3 Å². The van der Waals surface area contributed by atoms with E-state index in [4.69, 9.17) is 12.6 Å². The van der Waals surface area contributed by atoms with Gasteiger partial charge in [-0.25, -0.2) is 0 Å². The topological polar surface area (TPSA) is 3.24 Å². The van der Waals surface area contributed by atoms with Crippen molar-refractivity contribution in [2.45, 2.75) is 30.3 Å². The Morgan fingerprint density at radius 3 is 2.17 bits per heavy atom. The van der Waals surface area contributed by atoms with Crippen LogP contribution < -0.4 is 0 Å². The van der Waals surface area contributed by atoms with Crippen LogP contribution in [0.1, 0.15) is 36.5 Å². The number of aryl methyl sites for hydroxylation is 1. The fourth-order valence-corrected chi connectivity index (χ4v) is 4.58. The van der Waals surface area contributed by atoms with Gasteiger partial charge in [0.15, 0.2) is 0 Å². The molecule has 3 heteroatoms. The van der Waals surface area contributed by atoms with Crippen molar-refractivity contribution in [1.82, 2.24) is 4.90 Å². The molecule has 130 valence electrons. The first-order valence-electron chi connectivity index (χ1n) is 8.72. The Hall–Kier alpha value is -0.900. The Labute approximate surface area is 157 Å². The maximum absolute atomic E-state index is 5.15. The molecule has 0 aliphatic heterocycles. The highest BCUT2D eigenvalue weighted by atomic mass is 32.2. The highest BCUT2D eigenvalue weighted by molar-refractivity contribution is 8.11. The van der Waals surface area contributed by atoms with Crippen molar-refractivity contribution in [3.63, 3.8) is 0 Å². The van der Waals surface area contributed by atoms with Crippen molar-refractivity contribution in [2.24, 2.45) is 0 Å². The lowest BCUT2D eigenvalue weighted by Crippen LogP contribution is -2.21. The number of rotatable bonds is 9. The van der Waals surface area contributed by atoms with E-state index in [1.54, 1.807) is 0 Å². The molecule has 0 aliphatic rings. The third-order valence-corrected chi connectivity index (χ3v) is 6.36. The molecule has 0 aromatic heterocycles. The van der Waals surface area contributed by atoms with Gasteiger partial charge in [0.2, 0.25) is 0 Å². The van der Waals surface area contributed by atoms with Gasteiger partial charge in [-0.1, -0.05) is 67.9 Å². The quantitative estimate of drug-likeness (QED) is 0.468. The van der Waals surface area contributed by atoms with Crippen molar-refractivity contribution in [3.8, 4) is 0 Å². The van der Waals surface area contributed by atoms with Gasteiger partial charge in [-0.15, -0.1) is 11.8 Å². The first-order valence-corrected chi connectivity index (χ1v) is 10.2. The fourth-order valence-electron chi connectivity index (χ4n) is 2.65. The second-order valence-corrected chi connectivity index (χ2v) is 8.74. The number of thioether (sulfide) groups is 1. The summed E-state index contributed by atoms with van der Waals surface area (Å²) in [5.41, 5.74) is 3.93. The van der Waals surface area contributed by atoms with Gasteiger partial charge in [-0.05, 0) is 43.6 Å². The summed E-state index contributed by atoms with van der Waals surface area (Å²) < 4.78 is -0.305. The second kappa shape index (κ2) is 9.55. The normalized spacial score (nSPS) is 13.9. The van der Waals surface area contributed by atoms with E-state index in [0.717, 1.165) is 18.7 Å². The number of thiol groups is 1. The zero-order valence-electron chi connectivity index (χ0n) is 15.0. The van der Waals surface area contributed by atoms with Crippen LogP contribution in [0.15, 0.2) is 54.6 Å². The Morgan fingerprint density at radius 1 is 0.958 bits per heavy atom. The molecule has 0 heterocycles. The average Bonchev–Trinajstić information content (AvgIpc) is 2.60. The largest absolute Gasteiger partial charge is 0.309 e. The summed E-state index contributed by atoms with van der Waals surface area (Å²) in [5.74, 6) is 1.04. The lowest BCUT2D eigenvalue weighted by molar-refractivity contribution is 0.437. The molecule has 0 spiro atoms. The zero-order valence-corrected chi connectivity index (χ0v) is 16.7. The van der Waals surface area contributed by atoms with E-state index in [1.807, 2.05) is 11.8 Å². The SMILES string of the molecule is CCCCc1ccc(C(S)(SCCN(C)C)c2ccccc2)cc1. The van der Waals surface area contributed by atoms with Crippen molar-refractivity contribution in [3.05, 3.63) is 71.3 Å². The van der Waals surface area contributed by atoms with Crippen LogP contribution in [0.5, 0.6) is 0 Å². The van der Waals surface area contributed by atoms with E-state index >= 15 is 0 Å². The van der Waals surface area contributed by atoms with Gasteiger partial charge in [-0.3, -0.25) is 0 Å². The minimum Gasteiger partial charge on any atom is -0.309 e. The Kier molecular flexibility index (Phi) is 7.73. The first-order chi connectivity index (χ1) is 11.6. The summed E-state index contributed by atoms with van der Waals surface area (Å²) in [6.07, 6.45) is 3.65. The molecule has 0 bridgehead atoms. The van der Waals surface area contributed by atoms with Gasteiger partial charge in [-0.2, -0.15) is 12.6 Å². The number of hydrogen-bond donors (Lipinski definition) is 1. The van der Waals surface area contributed by atoms with E-state index < -0.39 is 0 Å². The van der Waals surface area contributed by atoms with Crippen LogP contribution >= 0.6 is 24.4 Å². The van der Waals surface area contributed by atoms with Crippen molar-refractivity contribution >= 4 is 24.4 Å². The molecule has 0 saturated heterocycles. The summed E-state index contributed by atoms with van der Waals surface area (Å²) >= 11 is 7.05. The molecular weight excluding hydrogens is 330 g/mol. The van der Waals surface area contributed by atoms with E-state index in [1.165, 1.54) is 29.5 Å². The van der Waals surface area contributed by atoms with E-state index in [2.05, 4.69) is 80.5 Å². The van der Waals surface area contributed by atoms with Gasteiger partial charge in [0.25, 0.3) is 0 Å². The molecule has 0 aliphatic carbocycles. The Balaban J connectivity index is 2.24. The first kappa shape index (κ1) is 19.4. The highest BCUT2D eigenvalue weighted by Crippen LogP contribution is 2.46. The molecule has 2 rings (SSSR count). The molecule has 0 amide bonds. The monoisotopic (exact) mass is 359 g/mol. The van der Waals surface area contributed by atoms with Crippen LogP contribution in [0.2, 0.25) is 0 Å². The van der Waals surface area contributed by atoms with E-state index in [9.17, 15) is 0 Å². The maximum Gasteiger partial charge on any atom is 0.108 e. The lowest BCUT2D eigenvalue weighted by Gasteiger charge is -2.30. The third kappa shape index (κ3) is 5.30. The minimum absolute atomic E-state index is 0.305. The smallest absolute Gasteiger partial charge is 0.108 e. The van der Waals surface area contributed by atoms with Crippen LogP contribution in [0, 0.1) is 0 Å². The third-order valence-electron chi connectivity index (χ3n) is 4.18. The molecule has 1 unspecified atom stereocenters. The summed E-state index contributed by atoms with van der Waals surface area (Å²) in [6, 6.07) is 19.7. The van der Waals surface area contributed by atoms with E-state index in [-0.39, 0.29) is 4.08 Å². The second-order valence-electron chi connectivity index (χ2n) is 6.46. The zero-order chi connectivity index (χ0) is 17.4. The number of nitrogens with zero attached hydrogens (tertiary/aromatic N) is 1. The minimum atomic E-state index is -0.305. The molecule has 1 atom stereocenters. The van der Waals surface area contributed by atoms with Gasteiger partial charge in [0.05, 0.1) is 0 Å². The standard InChI is InChI=1S/C21H29NS2/c1-4-5-9-18-12-14-20(15-13-18)21(23,24-17-16-22(2)3)19-10-7-6-8-11-19/h6-8,10-15,23H,4-5,9,16-17H2,1-3H3. The Bertz CT molecular complexity index is 595. The van der Waals surface area contributed by atoms with Crippen molar-refractivity contribution < 1.29 is 0 Å². The molecule has 24 heavy (non-hydrogen) atoms. The number of unbranched alkanes of at least 4 members (excludes halogenated alkanes) is 1. The molecule has 2 aromatic carbocycles. The summed E-state index contributed by atoms with van der Waals surface area (Å²) in [6.45, 7) is 3.29. The van der Waals surface area contributed by atoms with Crippen molar-refractivity contribution in [2.75, 3.05) is 26.4 Å². The Morgan fingerprint density at radius 2 is 1.58 bits per heavy atom. The van der Waals surface area contributed by atoms with E-state index in [0.29, 0.717) is 0 Å².